The van der Waals surface area contributed by atoms with Gasteiger partial charge in [-0.3, -0.25) is 9.80 Å². The summed E-state index contributed by atoms with van der Waals surface area (Å²) in [6.07, 6.45) is 0. The summed E-state index contributed by atoms with van der Waals surface area (Å²) in [5, 5.41) is 0. The van der Waals surface area contributed by atoms with Crippen LogP contribution in [0.2, 0.25) is 0 Å². The Hall–Kier alpha value is -0.860. The first-order valence-electron chi connectivity index (χ1n) is 6.56. The number of nitrogens with zero attached hydrogens (tertiary/aromatic N) is 2. The van der Waals surface area contributed by atoms with Gasteiger partial charge in [0.05, 0.1) is 0 Å². The molecule has 94 valence electrons. The van der Waals surface area contributed by atoms with E-state index in [1.807, 2.05) is 0 Å². The van der Waals surface area contributed by atoms with Crippen molar-refractivity contribution in [3.05, 3.63) is 35.4 Å². The van der Waals surface area contributed by atoms with Gasteiger partial charge in [-0.2, -0.15) is 0 Å². The Morgan fingerprint density at radius 1 is 1.06 bits per heavy atom. The lowest BCUT2D eigenvalue weighted by atomic mass is 10.1. The fourth-order valence-electron chi connectivity index (χ4n) is 2.59. The van der Waals surface area contributed by atoms with E-state index in [0.717, 1.165) is 6.54 Å². The standard InChI is InChI=1S/C15H24N2/c1-12-5-7-15(8-6-12)11-17-9-13(2)16(4)14(3)10-17/h5-8,13-14H,9-11H2,1-4H3. The highest BCUT2D eigenvalue weighted by atomic mass is 15.3. The SMILES string of the molecule is Cc1ccc(CN2CC(C)N(C)C(C)C2)cc1. The molecule has 2 rings (SSSR count). The molecule has 0 radical (unpaired) electrons. The largest absolute Gasteiger partial charge is 0.298 e. The van der Waals surface area contributed by atoms with Crippen molar-refractivity contribution in [1.82, 2.24) is 9.80 Å². The molecule has 0 aromatic heterocycles. The third kappa shape index (κ3) is 3.08. The summed E-state index contributed by atoms with van der Waals surface area (Å²) in [5.41, 5.74) is 2.77. The molecule has 17 heavy (non-hydrogen) atoms. The van der Waals surface area contributed by atoms with Gasteiger partial charge in [-0.25, -0.2) is 0 Å². The van der Waals surface area contributed by atoms with E-state index in [2.05, 4.69) is 61.9 Å². The summed E-state index contributed by atoms with van der Waals surface area (Å²) >= 11 is 0. The summed E-state index contributed by atoms with van der Waals surface area (Å²) in [5.74, 6) is 0. The van der Waals surface area contributed by atoms with Crippen molar-refractivity contribution in [2.24, 2.45) is 0 Å². The fourth-order valence-corrected chi connectivity index (χ4v) is 2.59. The van der Waals surface area contributed by atoms with Crippen LogP contribution in [0.25, 0.3) is 0 Å². The van der Waals surface area contributed by atoms with Crippen LogP contribution >= 0.6 is 0 Å². The van der Waals surface area contributed by atoms with E-state index in [0.29, 0.717) is 12.1 Å². The van der Waals surface area contributed by atoms with E-state index in [9.17, 15) is 0 Å². The van der Waals surface area contributed by atoms with Crippen LogP contribution in [0.3, 0.4) is 0 Å². The van der Waals surface area contributed by atoms with E-state index in [-0.39, 0.29) is 0 Å². The van der Waals surface area contributed by atoms with Crippen molar-refractivity contribution in [2.75, 3.05) is 20.1 Å². The molecule has 0 spiro atoms. The van der Waals surface area contributed by atoms with Gasteiger partial charge in [-0.05, 0) is 33.4 Å². The second-order valence-corrected chi connectivity index (χ2v) is 5.54. The zero-order chi connectivity index (χ0) is 12.4. The lowest BCUT2D eigenvalue weighted by Crippen LogP contribution is -2.54. The van der Waals surface area contributed by atoms with Crippen LogP contribution in [0.1, 0.15) is 25.0 Å². The van der Waals surface area contributed by atoms with Crippen molar-refractivity contribution in [3.8, 4) is 0 Å². The smallest absolute Gasteiger partial charge is 0.0235 e. The Kier molecular flexibility index (Phi) is 3.85. The first kappa shape index (κ1) is 12.6. The molecule has 1 aliphatic heterocycles. The summed E-state index contributed by atoms with van der Waals surface area (Å²) < 4.78 is 0. The topological polar surface area (TPSA) is 6.48 Å². The van der Waals surface area contributed by atoms with Crippen molar-refractivity contribution < 1.29 is 0 Å². The minimum atomic E-state index is 0.657. The Labute approximate surface area is 105 Å². The molecule has 2 nitrogen and oxygen atoms in total. The molecule has 1 fully saturated rings. The van der Waals surface area contributed by atoms with Gasteiger partial charge in [-0.1, -0.05) is 29.8 Å². The first-order valence-corrected chi connectivity index (χ1v) is 6.56. The van der Waals surface area contributed by atoms with E-state index < -0.39 is 0 Å². The third-order valence-electron chi connectivity index (χ3n) is 3.96. The number of likely N-dealkylation sites (N-methyl/N-ethyl adjacent to an activating group) is 1. The van der Waals surface area contributed by atoms with Gasteiger partial charge in [0.1, 0.15) is 0 Å². The van der Waals surface area contributed by atoms with Gasteiger partial charge in [0, 0.05) is 31.7 Å². The highest BCUT2D eigenvalue weighted by Gasteiger charge is 2.26. The monoisotopic (exact) mass is 232 g/mol. The van der Waals surface area contributed by atoms with Crippen molar-refractivity contribution in [3.63, 3.8) is 0 Å². The second kappa shape index (κ2) is 5.19. The molecule has 2 atom stereocenters. The normalized spacial score (nSPS) is 27.3. The van der Waals surface area contributed by atoms with Crippen LogP contribution in [-0.4, -0.2) is 42.0 Å². The molecule has 2 heteroatoms. The third-order valence-corrected chi connectivity index (χ3v) is 3.96. The summed E-state index contributed by atoms with van der Waals surface area (Å²) in [6, 6.07) is 10.2. The predicted molar refractivity (Wildman–Crippen MR) is 73.1 cm³/mol. The first-order chi connectivity index (χ1) is 8.06. The zero-order valence-corrected chi connectivity index (χ0v) is 11.5. The molecule has 0 amide bonds. The lowest BCUT2D eigenvalue weighted by molar-refractivity contribution is 0.0556. The number of piperazine rings is 1. The van der Waals surface area contributed by atoms with Crippen molar-refractivity contribution >= 4 is 0 Å². The molecule has 1 saturated heterocycles. The summed E-state index contributed by atoms with van der Waals surface area (Å²) in [4.78, 5) is 5.05. The van der Waals surface area contributed by atoms with Crippen LogP contribution in [0, 0.1) is 6.92 Å². The average molecular weight is 232 g/mol. The summed E-state index contributed by atoms with van der Waals surface area (Å²) in [6.45, 7) is 10.2. The van der Waals surface area contributed by atoms with Gasteiger partial charge in [0.15, 0.2) is 0 Å². The number of hydrogen-bond acceptors (Lipinski definition) is 2. The maximum atomic E-state index is 2.57. The van der Waals surface area contributed by atoms with Crippen LogP contribution in [0.15, 0.2) is 24.3 Å². The van der Waals surface area contributed by atoms with Gasteiger partial charge in [0.2, 0.25) is 0 Å². The van der Waals surface area contributed by atoms with Crippen LogP contribution in [-0.2, 0) is 6.54 Å². The fraction of sp³-hybridized carbons (Fsp3) is 0.600. The Bertz CT molecular complexity index is 346. The van der Waals surface area contributed by atoms with E-state index in [1.54, 1.807) is 0 Å². The van der Waals surface area contributed by atoms with Crippen LogP contribution in [0.5, 0.6) is 0 Å². The second-order valence-electron chi connectivity index (χ2n) is 5.54. The Morgan fingerprint density at radius 2 is 1.59 bits per heavy atom. The van der Waals surface area contributed by atoms with Crippen LogP contribution in [0.4, 0.5) is 0 Å². The quantitative estimate of drug-likeness (QED) is 0.773. The molecule has 0 aliphatic carbocycles. The summed E-state index contributed by atoms with van der Waals surface area (Å²) in [7, 11) is 2.23. The predicted octanol–water partition coefficient (Wildman–Crippen LogP) is 2.52. The Balaban J connectivity index is 1.98. The maximum absolute atomic E-state index is 2.57. The number of aryl methyl sites for hydroxylation is 1. The molecule has 2 unspecified atom stereocenters. The molecule has 0 N–H and O–H groups in total. The highest BCUT2D eigenvalue weighted by molar-refractivity contribution is 5.21. The van der Waals surface area contributed by atoms with Gasteiger partial charge in [-0.15, -0.1) is 0 Å². The molecule has 0 saturated carbocycles. The van der Waals surface area contributed by atoms with Gasteiger partial charge >= 0.3 is 0 Å². The molecule has 1 aromatic carbocycles. The van der Waals surface area contributed by atoms with Gasteiger partial charge < -0.3 is 0 Å². The Morgan fingerprint density at radius 3 is 2.12 bits per heavy atom. The van der Waals surface area contributed by atoms with E-state index in [1.165, 1.54) is 24.2 Å². The van der Waals surface area contributed by atoms with Crippen molar-refractivity contribution in [1.29, 1.82) is 0 Å². The van der Waals surface area contributed by atoms with Crippen molar-refractivity contribution in [2.45, 2.75) is 39.4 Å². The molecule has 0 bridgehead atoms. The minimum absolute atomic E-state index is 0.657. The van der Waals surface area contributed by atoms with E-state index in [4.69, 9.17) is 0 Å². The molecule has 1 heterocycles. The maximum Gasteiger partial charge on any atom is 0.0235 e. The number of rotatable bonds is 2. The molecule has 1 aromatic rings. The highest BCUT2D eigenvalue weighted by Crippen LogP contribution is 2.16. The van der Waals surface area contributed by atoms with Crippen LogP contribution < -0.4 is 0 Å². The number of hydrogen-bond donors (Lipinski definition) is 0. The molecular weight excluding hydrogens is 208 g/mol. The lowest BCUT2D eigenvalue weighted by Gasteiger charge is -2.42. The average Bonchev–Trinajstić information content (AvgIpc) is 2.29. The number of benzene rings is 1. The van der Waals surface area contributed by atoms with E-state index >= 15 is 0 Å². The zero-order valence-electron chi connectivity index (χ0n) is 11.5. The molecular formula is C15H24N2. The molecule has 1 aliphatic rings. The minimum Gasteiger partial charge on any atom is -0.298 e. The van der Waals surface area contributed by atoms with Gasteiger partial charge in [0.25, 0.3) is 0 Å².